The van der Waals surface area contributed by atoms with Gasteiger partial charge in [-0.25, -0.2) is 18.1 Å². The third-order valence-electron chi connectivity index (χ3n) is 4.08. The number of hydrogen-bond donors (Lipinski definition) is 2. The van der Waals surface area contributed by atoms with Crippen LogP contribution < -0.4 is 10.0 Å². The second-order valence-corrected chi connectivity index (χ2v) is 8.51. The van der Waals surface area contributed by atoms with E-state index in [1.165, 1.54) is 11.3 Å². The van der Waals surface area contributed by atoms with E-state index in [1.807, 2.05) is 25.3 Å². The van der Waals surface area contributed by atoms with E-state index in [0.717, 1.165) is 35.7 Å². The van der Waals surface area contributed by atoms with Crippen LogP contribution in [-0.4, -0.2) is 32.0 Å². The molecule has 24 heavy (non-hydrogen) atoms. The topological polar surface area (TPSA) is 71.1 Å². The van der Waals surface area contributed by atoms with Gasteiger partial charge in [0.25, 0.3) is 0 Å². The van der Waals surface area contributed by atoms with Crippen LogP contribution in [0.2, 0.25) is 0 Å². The zero-order chi connectivity index (χ0) is 16.4. The Hall–Kier alpha value is -0.990. The van der Waals surface area contributed by atoms with Crippen molar-refractivity contribution < 1.29 is 8.42 Å². The Bertz CT molecular complexity index is 792. The van der Waals surface area contributed by atoms with E-state index in [-0.39, 0.29) is 24.5 Å². The van der Waals surface area contributed by atoms with Crippen molar-refractivity contribution in [1.82, 2.24) is 15.0 Å². The lowest BCUT2D eigenvalue weighted by Crippen LogP contribution is -2.51. The van der Waals surface area contributed by atoms with Gasteiger partial charge in [-0.1, -0.05) is 12.1 Å². The Labute approximate surface area is 153 Å². The van der Waals surface area contributed by atoms with E-state index in [1.54, 1.807) is 18.2 Å². The zero-order valence-electron chi connectivity index (χ0n) is 13.7. The summed E-state index contributed by atoms with van der Waals surface area (Å²) in [5.74, 6) is 0. The monoisotopic (exact) mass is 387 g/mol. The molecule has 0 amide bonds. The summed E-state index contributed by atoms with van der Waals surface area (Å²) in [4.78, 5) is 4.72. The highest BCUT2D eigenvalue weighted by atomic mass is 35.5. The molecule has 0 bridgehead atoms. The molecule has 2 unspecified atom stereocenters. The van der Waals surface area contributed by atoms with Gasteiger partial charge >= 0.3 is 0 Å². The summed E-state index contributed by atoms with van der Waals surface area (Å²) >= 11 is 1.52. The van der Waals surface area contributed by atoms with Crippen LogP contribution in [0.5, 0.6) is 0 Å². The predicted octanol–water partition coefficient (Wildman–Crippen LogP) is 2.96. The maximum Gasteiger partial charge on any atom is 0.240 e. The van der Waals surface area contributed by atoms with Crippen LogP contribution in [0.25, 0.3) is 10.6 Å². The molecule has 5 nitrogen and oxygen atoms in total. The van der Waals surface area contributed by atoms with Gasteiger partial charge in [0.05, 0.1) is 4.90 Å². The van der Waals surface area contributed by atoms with E-state index in [4.69, 9.17) is 0 Å². The van der Waals surface area contributed by atoms with Crippen LogP contribution >= 0.6 is 23.7 Å². The van der Waals surface area contributed by atoms with Crippen LogP contribution in [0, 0.1) is 6.92 Å². The van der Waals surface area contributed by atoms with Crippen molar-refractivity contribution in [2.24, 2.45) is 0 Å². The smallest absolute Gasteiger partial charge is 0.240 e. The molecule has 3 rings (SSSR count). The molecular formula is C16H22ClN3O2S2. The van der Waals surface area contributed by atoms with Crippen molar-refractivity contribution in [3.05, 3.63) is 35.3 Å². The summed E-state index contributed by atoms with van der Waals surface area (Å²) < 4.78 is 28.2. The lowest BCUT2D eigenvalue weighted by atomic mass is 10.0. The van der Waals surface area contributed by atoms with E-state index in [2.05, 4.69) is 15.0 Å². The zero-order valence-corrected chi connectivity index (χ0v) is 16.1. The van der Waals surface area contributed by atoms with Crippen molar-refractivity contribution >= 4 is 33.8 Å². The Balaban J connectivity index is 0.00000208. The number of halogens is 1. The Kier molecular flexibility index (Phi) is 6.39. The van der Waals surface area contributed by atoms with Crippen LogP contribution in [0.15, 0.2) is 34.5 Å². The molecule has 1 saturated heterocycles. The summed E-state index contributed by atoms with van der Waals surface area (Å²) in [5.41, 5.74) is 1.78. The molecule has 132 valence electrons. The molecule has 0 spiro atoms. The standard InChI is InChI=1S/C16H21N3O2S2.ClH/c1-11-10-22-16(18-11)13-5-3-6-14(9-13)23(20,21)19-15-7-4-8-17-12(15)2;/h3,5-6,9-10,12,15,17,19H,4,7-8H2,1-2H3;1H. The number of rotatable bonds is 4. The van der Waals surface area contributed by atoms with Crippen molar-refractivity contribution in [3.8, 4) is 10.6 Å². The van der Waals surface area contributed by atoms with Crippen molar-refractivity contribution in [3.63, 3.8) is 0 Å². The van der Waals surface area contributed by atoms with E-state index < -0.39 is 10.0 Å². The molecule has 0 saturated carbocycles. The van der Waals surface area contributed by atoms with E-state index in [9.17, 15) is 8.42 Å². The average Bonchev–Trinajstić information content (AvgIpc) is 2.96. The van der Waals surface area contributed by atoms with Gasteiger partial charge in [-0.15, -0.1) is 23.7 Å². The van der Waals surface area contributed by atoms with Crippen LogP contribution in [-0.2, 0) is 10.0 Å². The third kappa shape index (κ3) is 4.34. The molecule has 0 radical (unpaired) electrons. The Morgan fingerprint density at radius 2 is 2.17 bits per heavy atom. The molecule has 1 aromatic carbocycles. The number of aromatic nitrogens is 1. The summed E-state index contributed by atoms with van der Waals surface area (Å²) in [5, 5.41) is 6.11. The lowest BCUT2D eigenvalue weighted by molar-refractivity contribution is 0.349. The fourth-order valence-corrected chi connectivity index (χ4v) is 4.95. The van der Waals surface area contributed by atoms with Crippen LogP contribution in [0.4, 0.5) is 0 Å². The molecule has 1 aromatic heterocycles. The largest absolute Gasteiger partial charge is 0.313 e. The SMILES string of the molecule is Cc1csc(-c2cccc(S(=O)(=O)NC3CCCNC3C)c2)n1.Cl. The molecule has 2 aromatic rings. The molecule has 1 aliphatic heterocycles. The summed E-state index contributed by atoms with van der Waals surface area (Å²) in [6, 6.07) is 7.06. The van der Waals surface area contributed by atoms with Gasteiger partial charge in [-0.05, 0) is 45.4 Å². The first-order valence-electron chi connectivity index (χ1n) is 7.74. The van der Waals surface area contributed by atoms with Crippen molar-refractivity contribution in [1.29, 1.82) is 0 Å². The van der Waals surface area contributed by atoms with Crippen LogP contribution in [0.3, 0.4) is 0 Å². The number of piperidine rings is 1. The fourth-order valence-electron chi connectivity index (χ4n) is 2.76. The fraction of sp³-hybridized carbons (Fsp3) is 0.438. The second kappa shape index (κ2) is 7.93. The van der Waals surface area contributed by atoms with Gasteiger partial charge < -0.3 is 5.32 Å². The Morgan fingerprint density at radius 3 is 2.83 bits per heavy atom. The van der Waals surface area contributed by atoms with Gasteiger partial charge in [0, 0.05) is 28.7 Å². The molecule has 2 heterocycles. The number of benzene rings is 1. The summed E-state index contributed by atoms with van der Waals surface area (Å²) in [7, 11) is -3.53. The number of thiazole rings is 1. The molecule has 1 fully saturated rings. The van der Waals surface area contributed by atoms with Gasteiger partial charge in [-0.2, -0.15) is 0 Å². The minimum atomic E-state index is -3.53. The summed E-state index contributed by atoms with van der Waals surface area (Å²) in [6.07, 6.45) is 1.84. The number of sulfonamides is 1. The molecule has 2 N–H and O–H groups in total. The van der Waals surface area contributed by atoms with E-state index >= 15 is 0 Å². The highest BCUT2D eigenvalue weighted by Gasteiger charge is 2.26. The molecule has 0 aliphatic carbocycles. The molecule has 1 aliphatic rings. The van der Waals surface area contributed by atoms with Gasteiger partial charge in [0.2, 0.25) is 10.0 Å². The number of nitrogens with zero attached hydrogens (tertiary/aromatic N) is 1. The number of aryl methyl sites for hydroxylation is 1. The second-order valence-electron chi connectivity index (χ2n) is 5.93. The van der Waals surface area contributed by atoms with Crippen molar-refractivity contribution in [2.75, 3.05) is 6.54 Å². The molecular weight excluding hydrogens is 366 g/mol. The highest BCUT2D eigenvalue weighted by molar-refractivity contribution is 7.89. The summed E-state index contributed by atoms with van der Waals surface area (Å²) in [6.45, 7) is 4.89. The number of hydrogen-bond acceptors (Lipinski definition) is 5. The maximum atomic E-state index is 12.7. The minimum absolute atomic E-state index is 0. The minimum Gasteiger partial charge on any atom is -0.313 e. The molecule has 8 heteroatoms. The molecule has 2 atom stereocenters. The third-order valence-corrected chi connectivity index (χ3v) is 6.58. The van der Waals surface area contributed by atoms with Crippen molar-refractivity contribution in [2.45, 2.75) is 43.7 Å². The first-order chi connectivity index (χ1) is 11.0. The highest BCUT2D eigenvalue weighted by Crippen LogP contribution is 2.26. The predicted molar refractivity (Wildman–Crippen MR) is 100 cm³/mol. The lowest BCUT2D eigenvalue weighted by Gasteiger charge is -2.30. The van der Waals surface area contributed by atoms with Crippen LogP contribution in [0.1, 0.15) is 25.5 Å². The quantitative estimate of drug-likeness (QED) is 0.846. The maximum absolute atomic E-state index is 12.7. The first kappa shape index (κ1) is 19.3. The first-order valence-corrected chi connectivity index (χ1v) is 10.1. The van der Waals surface area contributed by atoms with Gasteiger partial charge in [0.15, 0.2) is 0 Å². The van der Waals surface area contributed by atoms with Gasteiger partial charge in [0.1, 0.15) is 5.01 Å². The Morgan fingerprint density at radius 1 is 1.38 bits per heavy atom. The average molecular weight is 388 g/mol. The number of nitrogens with one attached hydrogen (secondary N) is 2. The van der Waals surface area contributed by atoms with E-state index in [0.29, 0.717) is 4.90 Å². The van der Waals surface area contributed by atoms with Gasteiger partial charge in [-0.3, -0.25) is 0 Å². The normalized spacial score (nSPS) is 21.2.